The van der Waals surface area contributed by atoms with Gasteiger partial charge >= 0.3 is 5.97 Å². The summed E-state index contributed by atoms with van der Waals surface area (Å²) in [5, 5.41) is 8.53. The number of carboxylic acids is 1. The molecule has 0 saturated carbocycles. The second-order valence-electron chi connectivity index (χ2n) is 3.95. The topological polar surface area (TPSA) is 49.8 Å². The molecular formula is C10H19NO3. The predicted octanol–water partition coefficient (Wildman–Crippen LogP) is 0.820. The van der Waals surface area contributed by atoms with Crippen LogP contribution in [-0.4, -0.2) is 48.8 Å². The summed E-state index contributed by atoms with van der Waals surface area (Å²) in [6, 6.07) is 0. The van der Waals surface area contributed by atoms with Crippen molar-refractivity contribution in [1.82, 2.24) is 4.90 Å². The maximum Gasteiger partial charge on any atom is 0.303 e. The lowest BCUT2D eigenvalue weighted by atomic mass is 10.1. The van der Waals surface area contributed by atoms with E-state index in [1.807, 2.05) is 0 Å². The van der Waals surface area contributed by atoms with E-state index in [4.69, 9.17) is 9.84 Å². The summed E-state index contributed by atoms with van der Waals surface area (Å²) in [5.74, 6) is -0.233. The Morgan fingerprint density at radius 1 is 1.50 bits per heavy atom. The molecule has 4 nitrogen and oxygen atoms in total. The fourth-order valence-corrected chi connectivity index (χ4v) is 1.69. The fraction of sp³-hybridized carbons (Fsp3) is 0.900. The Morgan fingerprint density at radius 2 is 2.14 bits per heavy atom. The molecular weight excluding hydrogens is 182 g/mol. The number of carbonyl (C=O) groups is 1. The van der Waals surface area contributed by atoms with E-state index in [0.29, 0.717) is 5.92 Å². The van der Waals surface area contributed by atoms with Crippen LogP contribution in [0.15, 0.2) is 0 Å². The molecule has 0 aromatic carbocycles. The molecule has 14 heavy (non-hydrogen) atoms. The molecule has 0 aromatic rings. The molecule has 0 spiro atoms. The van der Waals surface area contributed by atoms with Gasteiger partial charge in [-0.15, -0.1) is 0 Å². The number of ether oxygens (including phenoxy) is 1. The molecule has 0 aliphatic carbocycles. The van der Waals surface area contributed by atoms with Crippen molar-refractivity contribution in [3.8, 4) is 0 Å². The lowest BCUT2D eigenvalue weighted by Gasteiger charge is -2.28. The van der Waals surface area contributed by atoms with E-state index in [2.05, 4.69) is 11.8 Å². The largest absolute Gasteiger partial charge is 0.481 e. The van der Waals surface area contributed by atoms with E-state index in [1.54, 1.807) is 0 Å². The first-order valence-electron chi connectivity index (χ1n) is 5.20. The average molecular weight is 201 g/mol. The Hall–Kier alpha value is -0.610. The Bertz CT molecular complexity index is 178. The minimum absolute atomic E-state index is 0.283. The van der Waals surface area contributed by atoms with E-state index in [9.17, 15) is 4.79 Å². The lowest BCUT2D eigenvalue weighted by Crippen LogP contribution is -2.38. The van der Waals surface area contributed by atoms with Gasteiger partial charge < -0.3 is 9.84 Å². The van der Waals surface area contributed by atoms with Crippen molar-refractivity contribution in [3.63, 3.8) is 0 Å². The van der Waals surface area contributed by atoms with Crippen LogP contribution in [0.25, 0.3) is 0 Å². The van der Waals surface area contributed by atoms with Gasteiger partial charge in [0.1, 0.15) is 0 Å². The smallest absolute Gasteiger partial charge is 0.303 e. The van der Waals surface area contributed by atoms with E-state index in [-0.39, 0.29) is 6.42 Å². The van der Waals surface area contributed by atoms with Crippen LogP contribution in [0.5, 0.6) is 0 Å². The van der Waals surface area contributed by atoms with E-state index in [0.717, 1.165) is 39.3 Å². The number of rotatable bonds is 5. The van der Waals surface area contributed by atoms with Gasteiger partial charge in [-0.25, -0.2) is 0 Å². The van der Waals surface area contributed by atoms with Crippen molar-refractivity contribution in [2.45, 2.75) is 19.8 Å². The van der Waals surface area contributed by atoms with Gasteiger partial charge in [-0.1, -0.05) is 6.92 Å². The average Bonchev–Trinajstić information content (AvgIpc) is 2.16. The van der Waals surface area contributed by atoms with E-state index in [1.165, 1.54) is 0 Å². The normalized spacial score (nSPS) is 20.6. The first kappa shape index (κ1) is 11.5. The van der Waals surface area contributed by atoms with Crippen LogP contribution in [0, 0.1) is 5.92 Å². The zero-order valence-electron chi connectivity index (χ0n) is 8.74. The van der Waals surface area contributed by atoms with Gasteiger partial charge in [-0.3, -0.25) is 9.69 Å². The van der Waals surface area contributed by atoms with Gasteiger partial charge in [0, 0.05) is 26.1 Å². The third-order valence-electron chi connectivity index (χ3n) is 2.52. The molecule has 1 aliphatic heterocycles. The maximum atomic E-state index is 10.4. The molecule has 4 heteroatoms. The third kappa shape index (κ3) is 4.58. The predicted molar refractivity (Wildman–Crippen MR) is 53.3 cm³/mol. The van der Waals surface area contributed by atoms with Crippen LogP contribution in [0.3, 0.4) is 0 Å². The fourth-order valence-electron chi connectivity index (χ4n) is 1.69. The molecule has 1 rings (SSSR count). The number of carboxylic acid groups (broad SMARTS) is 1. The minimum atomic E-state index is -0.696. The molecule has 1 aliphatic rings. The van der Waals surface area contributed by atoms with Gasteiger partial charge in [-0.05, 0) is 12.3 Å². The van der Waals surface area contributed by atoms with Gasteiger partial charge in [-0.2, -0.15) is 0 Å². The SMILES string of the molecule is CC(CCC(=O)O)CN1CCOCC1. The number of hydrogen-bond acceptors (Lipinski definition) is 3. The Kier molecular flexibility index (Phi) is 4.90. The number of morpholine rings is 1. The first-order chi connectivity index (χ1) is 6.68. The minimum Gasteiger partial charge on any atom is -0.481 e. The second-order valence-corrected chi connectivity index (χ2v) is 3.95. The molecule has 1 heterocycles. The molecule has 0 bridgehead atoms. The van der Waals surface area contributed by atoms with Crippen molar-refractivity contribution >= 4 is 5.97 Å². The molecule has 1 saturated heterocycles. The number of aliphatic carboxylic acids is 1. The zero-order valence-corrected chi connectivity index (χ0v) is 8.74. The van der Waals surface area contributed by atoms with Gasteiger partial charge in [0.15, 0.2) is 0 Å². The van der Waals surface area contributed by atoms with Gasteiger partial charge in [0.05, 0.1) is 13.2 Å². The van der Waals surface area contributed by atoms with Crippen molar-refractivity contribution in [1.29, 1.82) is 0 Å². The first-order valence-corrected chi connectivity index (χ1v) is 5.20. The van der Waals surface area contributed by atoms with Crippen molar-refractivity contribution < 1.29 is 14.6 Å². The van der Waals surface area contributed by atoms with Crippen LogP contribution in [0.4, 0.5) is 0 Å². The summed E-state index contributed by atoms with van der Waals surface area (Å²) in [6.07, 6.45) is 1.05. The molecule has 0 amide bonds. The van der Waals surface area contributed by atoms with E-state index >= 15 is 0 Å². The Labute approximate surface area is 84.8 Å². The highest BCUT2D eigenvalue weighted by Gasteiger charge is 2.14. The van der Waals surface area contributed by atoms with Gasteiger partial charge in [0.25, 0.3) is 0 Å². The summed E-state index contributed by atoms with van der Waals surface area (Å²) in [7, 11) is 0. The number of hydrogen-bond donors (Lipinski definition) is 1. The Balaban J connectivity index is 2.11. The Morgan fingerprint density at radius 3 is 2.71 bits per heavy atom. The van der Waals surface area contributed by atoms with Crippen molar-refractivity contribution in [2.75, 3.05) is 32.8 Å². The molecule has 1 fully saturated rings. The van der Waals surface area contributed by atoms with Crippen LogP contribution < -0.4 is 0 Å². The molecule has 1 atom stereocenters. The summed E-state index contributed by atoms with van der Waals surface area (Å²) in [6.45, 7) is 6.70. The zero-order chi connectivity index (χ0) is 10.4. The second kappa shape index (κ2) is 5.98. The van der Waals surface area contributed by atoms with E-state index < -0.39 is 5.97 Å². The van der Waals surface area contributed by atoms with Crippen molar-refractivity contribution in [3.05, 3.63) is 0 Å². The third-order valence-corrected chi connectivity index (χ3v) is 2.52. The highest BCUT2D eigenvalue weighted by Crippen LogP contribution is 2.09. The summed E-state index contributed by atoms with van der Waals surface area (Å²) < 4.78 is 5.24. The van der Waals surface area contributed by atoms with Crippen LogP contribution in [0.1, 0.15) is 19.8 Å². The molecule has 0 radical (unpaired) electrons. The highest BCUT2D eigenvalue weighted by atomic mass is 16.5. The van der Waals surface area contributed by atoms with Crippen molar-refractivity contribution in [2.24, 2.45) is 5.92 Å². The quantitative estimate of drug-likeness (QED) is 0.715. The highest BCUT2D eigenvalue weighted by molar-refractivity contribution is 5.66. The lowest BCUT2D eigenvalue weighted by molar-refractivity contribution is -0.137. The molecule has 82 valence electrons. The summed E-state index contributed by atoms with van der Waals surface area (Å²) >= 11 is 0. The van der Waals surface area contributed by atoms with Gasteiger partial charge in [0.2, 0.25) is 0 Å². The maximum absolute atomic E-state index is 10.4. The molecule has 0 aromatic heterocycles. The standard InChI is InChI=1S/C10H19NO3/c1-9(2-3-10(12)13)8-11-4-6-14-7-5-11/h9H,2-8H2,1H3,(H,12,13). The number of nitrogens with zero attached hydrogens (tertiary/aromatic N) is 1. The van der Waals surface area contributed by atoms with Crippen LogP contribution in [-0.2, 0) is 9.53 Å². The van der Waals surface area contributed by atoms with Crippen LogP contribution >= 0.6 is 0 Å². The van der Waals surface area contributed by atoms with Crippen LogP contribution in [0.2, 0.25) is 0 Å². The molecule has 1 N–H and O–H groups in total. The summed E-state index contributed by atoms with van der Waals surface area (Å²) in [5.41, 5.74) is 0. The summed E-state index contributed by atoms with van der Waals surface area (Å²) in [4.78, 5) is 12.7. The monoisotopic (exact) mass is 201 g/mol. The molecule has 1 unspecified atom stereocenters.